The first kappa shape index (κ1) is 29.3. The van der Waals surface area contributed by atoms with Crippen molar-refractivity contribution in [3.63, 3.8) is 0 Å². The molecule has 2 N–H and O–H groups in total. The average Bonchev–Trinajstić information content (AvgIpc) is 2.81. The Kier molecular flexibility index (Phi) is 9.18. The van der Waals surface area contributed by atoms with E-state index >= 15 is 0 Å². The van der Waals surface area contributed by atoms with Crippen molar-refractivity contribution in [1.29, 1.82) is 0 Å². The van der Waals surface area contributed by atoms with E-state index in [1.54, 1.807) is 37.3 Å². The molecule has 1 aliphatic rings. The van der Waals surface area contributed by atoms with E-state index in [1.165, 1.54) is 0 Å². The smallest absolute Gasteiger partial charge is 0.457 e. The van der Waals surface area contributed by atoms with Gasteiger partial charge in [-0.15, -0.1) is 13.2 Å². The molecule has 2 aromatic carbocycles. The molecule has 10 heteroatoms. The molecule has 0 saturated heterocycles. The first-order valence-corrected chi connectivity index (χ1v) is 12.3. The summed E-state index contributed by atoms with van der Waals surface area (Å²) in [5.41, 5.74) is 0.618. The topological polar surface area (TPSA) is 50.7 Å². The highest BCUT2D eigenvalue weighted by Crippen LogP contribution is 2.42. The largest absolute Gasteiger partial charge is 0.522 e. The summed E-state index contributed by atoms with van der Waals surface area (Å²) in [4.78, 5) is 0. The minimum Gasteiger partial charge on any atom is -0.457 e. The van der Waals surface area contributed by atoms with Crippen molar-refractivity contribution in [1.82, 2.24) is 5.32 Å². The van der Waals surface area contributed by atoms with Crippen LogP contribution in [0.25, 0.3) is 0 Å². The molecular formula is C27H33F6NO3. The van der Waals surface area contributed by atoms with Gasteiger partial charge >= 0.3 is 12.5 Å². The maximum absolute atomic E-state index is 13.0. The minimum atomic E-state index is -4.81. The van der Waals surface area contributed by atoms with Crippen molar-refractivity contribution in [2.45, 2.75) is 82.7 Å². The van der Waals surface area contributed by atoms with Crippen molar-refractivity contribution in [2.75, 3.05) is 6.54 Å². The van der Waals surface area contributed by atoms with Crippen LogP contribution in [-0.2, 0) is 10.3 Å². The van der Waals surface area contributed by atoms with E-state index in [0.29, 0.717) is 35.8 Å². The van der Waals surface area contributed by atoms with Crippen molar-refractivity contribution in [3.05, 3.63) is 59.7 Å². The number of benzene rings is 2. The van der Waals surface area contributed by atoms with E-state index in [2.05, 4.69) is 23.9 Å². The molecule has 2 atom stereocenters. The van der Waals surface area contributed by atoms with E-state index in [4.69, 9.17) is 4.74 Å². The van der Waals surface area contributed by atoms with E-state index in [-0.39, 0.29) is 18.8 Å². The van der Waals surface area contributed by atoms with Gasteiger partial charge in [0, 0.05) is 12.1 Å². The number of ether oxygens (including phenoxy) is 2. The molecule has 1 fully saturated rings. The minimum absolute atomic E-state index is 0.113. The highest BCUT2D eigenvalue weighted by molar-refractivity contribution is 5.39. The van der Waals surface area contributed by atoms with Crippen LogP contribution in [0.15, 0.2) is 48.5 Å². The number of aliphatic hydroxyl groups is 1. The number of rotatable bonds is 9. The molecular weight excluding hydrogens is 500 g/mol. The second-order valence-electron chi connectivity index (χ2n) is 10.0. The van der Waals surface area contributed by atoms with E-state index < -0.39 is 36.8 Å². The number of aliphatic hydroxyl groups excluding tert-OH is 1. The van der Waals surface area contributed by atoms with Crippen LogP contribution in [0.2, 0.25) is 0 Å². The molecule has 0 amide bonds. The fraction of sp³-hybridized carbons (Fsp3) is 0.556. The summed E-state index contributed by atoms with van der Waals surface area (Å²) in [6.07, 6.45) is -12.3. The molecule has 2 aromatic rings. The third-order valence-corrected chi connectivity index (χ3v) is 7.03. The van der Waals surface area contributed by atoms with Crippen molar-refractivity contribution >= 4 is 0 Å². The monoisotopic (exact) mass is 533 g/mol. The van der Waals surface area contributed by atoms with E-state index in [1.807, 2.05) is 18.2 Å². The molecule has 1 saturated carbocycles. The second-order valence-corrected chi connectivity index (χ2v) is 10.0. The Balaban J connectivity index is 1.85. The first-order valence-electron chi connectivity index (χ1n) is 12.3. The van der Waals surface area contributed by atoms with Crippen LogP contribution in [0.4, 0.5) is 26.3 Å². The number of nitrogens with one attached hydrogen (secondary N) is 1. The van der Waals surface area contributed by atoms with Gasteiger partial charge in [0.2, 0.25) is 0 Å². The van der Waals surface area contributed by atoms with Gasteiger partial charge in [-0.05, 0) is 79.8 Å². The van der Waals surface area contributed by atoms with Gasteiger partial charge in [-0.2, -0.15) is 13.2 Å². The molecule has 0 bridgehead atoms. The van der Waals surface area contributed by atoms with E-state index in [0.717, 1.165) is 5.56 Å². The summed E-state index contributed by atoms with van der Waals surface area (Å²) in [5.74, 6) is 1.06. The Labute approximate surface area is 213 Å². The molecule has 3 rings (SSSR count). The standard InChI is InChI=1S/C27H33F6NO3/c1-17(2)18-6-4-8-22(14-18)36-23-9-5-7-20(15-23)25(3,34-16-24(35)26(28,29)30)19-10-12-21(13-11-19)37-27(31,32)33/h4-9,14-15,17,19,21,24,34-35H,10-13,16H2,1-3H3. The van der Waals surface area contributed by atoms with Crippen LogP contribution in [0, 0.1) is 5.92 Å². The third kappa shape index (κ3) is 8.09. The molecule has 0 radical (unpaired) electrons. The Morgan fingerprint density at radius 3 is 2.08 bits per heavy atom. The zero-order chi connectivity index (χ0) is 27.4. The molecule has 0 aliphatic heterocycles. The van der Waals surface area contributed by atoms with Gasteiger partial charge in [-0.1, -0.05) is 38.1 Å². The van der Waals surface area contributed by atoms with Crippen molar-refractivity contribution < 1.29 is 40.9 Å². The molecule has 206 valence electrons. The van der Waals surface area contributed by atoms with Gasteiger partial charge in [0.05, 0.1) is 6.10 Å². The number of halogens is 6. The van der Waals surface area contributed by atoms with Crippen molar-refractivity contribution in [3.8, 4) is 11.5 Å². The SMILES string of the molecule is CC(C)c1cccc(Oc2cccc(C(C)(NCC(O)C(F)(F)F)C3CCC(OC(F)(F)F)CC3)c2)c1. The zero-order valence-electron chi connectivity index (χ0n) is 21.0. The molecule has 4 nitrogen and oxygen atoms in total. The first-order chi connectivity index (χ1) is 17.2. The quantitative estimate of drug-likeness (QED) is 0.329. The van der Waals surface area contributed by atoms with Crippen LogP contribution < -0.4 is 10.1 Å². The predicted molar refractivity (Wildman–Crippen MR) is 127 cm³/mol. The molecule has 1 aliphatic carbocycles. The maximum atomic E-state index is 13.0. The second kappa shape index (κ2) is 11.6. The Morgan fingerprint density at radius 2 is 1.51 bits per heavy atom. The zero-order valence-corrected chi connectivity index (χ0v) is 21.0. The molecule has 37 heavy (non-hydrogen) atoms. The lowest BCUT2D eigenvalue weighted by Crippen LogP contribution is -2.52. The summed E-state index contributed by atoms with van der Waals surface area (Å²) in [7, 11) is 0. The molecule has 2 unspecified atom stereocenters. The lowest BCUT2D eigenvalue weighted by molar-refractivity contribution is -0.346. The summed E-state index contributed by atoms with van der Waals surface area (Å²) in [6.45, 7) is 5.06. The van der Waals surface area contributed by atoms with Gasteiger partial charge < -0.3 is 15.2 Å². The number of alkyl halides is 6. The van der Waals surface area contributed by atoms with Crippen LogP contribution in [0.3, 0.4) is 0 Å². The van der Waals surface area contributed by atoms with Gasteiger partial charge in [0.1, 0.15) is 11.5 Å². The van der Waals surface area contributed by atoms with Crippen LogP contribution in [0.5, 0.6) is 11.5 Å². The number of hydrogen-bond acceptors (Lipinski definition) is 4. The predicted octanol–water partition coefficient (Wildman–Crippen LogP) is 7.43. The van der Waals surface area contributed by atoms with Gasteiger partial charge in [-0.25, -0.2) is 0 Å². The van der Waals surface area contributed by atoms with Crippen molar-refractivity contribution in [2.24, 2.45) is 5.92 Å². The number of hydrogen-bond donors (Lipinski definition) is 2. The average molecular weight is 534 g/mol. The van der Waals surface area contributed by atoms with Crippen LogP contribution in [0.1, 0.15) is 63.5 Å². The van der Waals surface area contributed by atoms with Gasteiger partial charge in [0.15, 0.2) is 6.10 Å². The highest BCUT2D eigenvalue weighted by Gasteiger charge is 2.44. The van der Waals surface area contributed by atoms with Gasteiger partial charge in [0.25, 0.3) is 0 Å². The Morgan fingerprint density at radius 1 is 0.919 bits per heavy atom. The van der Waals surface area contributed by atoms with Gasteiger partial charge in [-0.3, -0.25) is 4.74 Å². The highest BCUT2D eigenvalue weighted by atomic mass is 19.4. The fourth-order valence-electron chi connectivity index (χ4n) is 4.81. The summed E-state index contributed by atoms with van der Waals surface area (Å²) in [6, 6.07) is 14.5. The summed E-state index contributed by atoms with van der Waals surface area (Å²) in [5, 5.41) is 12.5. The molecule has 0 spiro atoms. The Hall–Kier alpha value is -2.30. The van der Waals surface area contributed by atoms with Crippen LogP contribution in [-0.4, -0.2) is 36.4 Å². The van der Waals surface area contributed by atoms with Crippen LogP contribution >= 0.6 is 0 Å². The summed E-state index contributed by atoms with van der Waals surface area (Å²) >= 11 is 0. The molecule has 0 heterocycles. The van der Waals surface area contributed by atoms with E-state index in [9.17, 15) is 31.4 Å². The normalized spacial score (nSPS) is 21.5. The lowest BCUT2D eigenvalue weighted by Gasteiger charge is -2.43. The maximum Gasteiger partial charge on any atom is 0.522 e. The fourth-order valence-corrected chi connectivity index (χ4v) is 4.81. The third-order valence-electron chi connectivity index (χ3n) is 7.03. The molecule has 0 aromatic heterocycles. The summed E-state index contributed by atoms with van der Waals surface area (Å²) < 4.78 is 87.3. The lowest BCUT2D eigenvalue weighted by atomic mass is 9.71. The Bertz CT molecular complexity index is 1020.